The highest BCUT2D eigenvalue weighted by Gasteiger charge is 2.21. The number of aliphatic hydroxyl groups excluding tert-OH is 2. The van der Waals surface area contributed by atoms with Crippen molar-refractivity contribution in [3.63, 3.8) is 0 Å². The fraction of sp³-hybridized carbons (Fsp3) is 1.00. The molecule has 0 aromatic heterocycles. The molecular formula is C5H12INO2. The van der Waals surface area contributed by atoms with Crippen LogP contribution in [-0.4, -0.2) is 33.4 Å². The molecule has 0 amide bonds. The Bertz CT molecular complexity index is 75.4. The fourth-order valence-corrected chi connectivity index (χ4v) is 1.47. The summed E-state index contributed by atoms with van der Waals surface area (Å²) in [5.74, 6) is 0. The monoisotopic (exact) mass is 245 g/mol. The maximum atomic E-state index is 8.63. The predicted molar refractivity (Wildman–Crippen MR) is 44.6 cm³/mol. The van der Waals surface area contributed by atoms with Gasteiger partial charge in [0.25, 0.3) is 0 Å². The smallest absolute Gasteiger partial charge is 0.0634 e. The molecule has 4 N–H and O–H groups in total. The third-order valence-corrected chi connectivity index (χ3v) is 1.76. The molecule has 0 aromatic rings. The summed E-state index contributed by atoms with van der Waals surface area (Å²) >= 11 is 2.16. The molecule has 0 aliphatic heterocycles. The molecule has 0 saturated heterocycles. The lowest BCUT2D eigenvalue weighted by Crippen LogP contribution is -2.47. The molecule has 0 atom stereocenters. The van der Waals surface area contributed by atoms with Gasteiger partial charge in [-0.05, 0) is 6.42 Å². The molecule has 4 heteroatoms. The Labute approximate surface area is 68.4 Å². The van der Waals surface area contributed by atoms with E-state index in [2.05, 4.69) is 22.6 Å². The van der Waals surface area contributed by atoms with Crippen LogP contribution >= 0.6 is 22.6 Å². The molecule has 0 aliphatic rings. The number of halogens is 1. The molecule has 9 heavy (non-hydrogen) atoms. The van der Waals surface area contributed by atoms with Crippen molar-refractivity contribution in [1.29, 1.82) is 0 Å². The van der Waals surface area contributed by atoms with Gasteiger partial charge in [-0.2, -0.15) is 0 Å². The quantitative estimate of drug-likeness (QED) is 0.461. The molecule has 0 unspecified atom stereocenters. The molecule has 0 spiro atoms. The van der Waals surface area contributed by atoms with Gasteiger partial charge in [-0.1, -0.05) is 22.6 Å². The zero-order valence-electron chi connectivity index (χ0n) is 5.18. The van der Waals surface area contributed by atoms with Crippen molar-refractivity contribution in [2.75, 3.05) is 17.6 Å². The Balaban J connectivity index is 3.62. The summed E-state index contributed by atoms with van der Waals surface area (Å²) in [5, 5.41) is 17.3. The zero-order chi connectivity index (χ0) is 7.33. The first-order chi connectivity index (χ1) is 4.18. The number of rotatable bonds is 4. The summed E-state index contributed by atoms with van der Waals surface area (Å²) < 4.78 is 0.857. The highest BCUT2D eigenvalue weighted by atomic mass is 127. The largest absolute Gasteiger partial charge is 0.394 e. The Morgan fingerprint density at radius 3 is 1.89 bits per heavy atom. The SMILES string of the molecule is NC(CO)(CO)CCI. The first-order valence-electron chi connectivity index (χ1n) is 2.75. The fourth-order valence-electron chi connectivity index (χ4n) is 0.396. The van der Waals surface area contributed by atoms with Crippen LogP contribution in [0.1, 0.15) is 6.42 Å². The summed E-state index contributed by atoms with van der Waals surface area (Å²) in [6.07, 6.45) is 0.653. The molecule has 0 aromatic carbocycles. The molecule has 0 fully saturated rings. The summed E-state index contributed by atoms with van der Waals surface area (Å²) in [5.41, 5.74) is 4.74. The van der Waals surface area contributed by atoms with Gasteiger partial charge < -0.3 is 15.9 Å². The molecule has 0 saturated carbocycles. The molecule has 0 heterocycles. The molecule has 3 nitrogen and oxygen atoms in total. The van der Waals surface area contributed by atoms with Crippen molar-refractivity contribution in [3.8, 4) is 0 Å². The van der Waals surface area contributed by atoms with Crippen LogP contribution in [0.5, 0.6) is 0 Å². The average Bonchev–Trinajstić information content (AvgIpc) is 1.89. The van der Waals surface area contributed by atoms with Crippen molar-refractivity contribution in [2.45, 2.75) is 12.0 Å². The van der Waals surface area contributed by atoms with E-state index in [4.69, 9.17) is 15.9 Å². The first-order valence-corrected chi connectivity index (χ1v) is 4.27. The average molecular weight is 245 g/mol. The van der Waals surface area contributed by atoms with Gasteiger partial charge in [-0.25, -0.2) is 0 Å². The number of alkyl halides is 1. The lowest BCUT2D eigenvalue weighted by molar-refractivity contribution is 0.119. The second-order valence-corrected chi connectivity index (χ2v) is 3.20. The van der Waals surface area contributed by atoms with E-state index in [1.54, 1.807) is 0 Å². The van der Waals surface area contributed by atoms with Gasteiger partial charge >= 0.3 is 0 Å². The second-order valence-electron chi connectivity index (χ2n) is 2.12. The van der Waals surface area contributed by atoms with Crippen molar-refractivity contribution in [2.24, 2.45) is 5.73 Å². The van der Waals surface area contributed by atoms with Crippen LogP contribution in [0.15, 0.2) is 0 Å². The Kier molecular flexibility index (Phi) is 4.73. The molecular weight excluding hydrogens is 233 g/mol. The van der Waals surface area contributed by atoms with Crippen molar-refractivity contribution >= 4 is 22.6 Å². The third kappa shape index (κ3) is 3.34. The van der Waals surface area contributed by atoms with E-state index in [0.29, 0.717) is 6.42 Å². The van der Waals surface area contributed by atoms with Crippen LogP contribution in [-0.2, 0) is 0 Å². The van der Waals surface area contributed by atoms with Crippen LogP contribution in [0.4, 0.5) is 0 Å². The van der Waals surface area contributed by atoms with Gasteiger partial charge in [0.1, 0.15) is 0 Å². The number of hydrogen-bond acceptors (Lipinski definition) is 3. The van der Waals surface area contributed by atoms with E-state index in [1.807, 2.05) is 0 Å². The van der Waals surface area contributed by atoms with Crippen molar-refractivity contribution < 1.29 is 10.2 Å². The first kappa shape index (κ1) is 9.61. The van der Waals surface area contributed by atoms with Crippen molar-refractivity contribution in [1.82, 2.24) is 0 Å². The summed E-state index contributed by atoms with van der Waals surface area (Å²) in [7, 11) is 0. The molecule has 0 rings (SSSR count). The van der Waals surface area contributed by atoms with Gasteiger partial charge in [-0.15, -0.1) is 0 Å². The lowest BCUT2D eigenvalue weighted by Gasteiger charge is -2.22. The summed E-state index contributed by atoms with van der Waals surface area (Å²) in [4.78, 5) is 0. The van der Waals surface area contributed by atoms with E-state index in [1.165, 1.54) is 0 Å². The topological polar surface area (TPSA) is 66.5 Å². The van der Waals surface area contributed by atoms with Crippen molar-refractivity contribution in [3.05, 3.63) is 0 Å². The highest BCUT2D eigenvalue weighted by Crippen LogP contribution is 2.06. The molecule has 0 aliphatic carbocycles. The second kappa shape index (κ2) is 4.43. The lowest BCUT2D eigenvalue weighted by atomic mass is 10.0. The Morgan fingerprint density at radius 2 is 1.78 bits per heavy atom. The van der Waals surface area contributed by atoms with Gasteiger partial charge in [0, 0.05) is 4.43 Å². The standard InChI is InChI=1S/C5H12INO2/c6-2-1-5(7,3-8)4-9/h8-9H,1-4,7H2. The summed E-state index contributed by atoms with van der Waals surface area (Å²) in [6, 6.07) is 0. The minimum absolute atomic E-state index is 0.146. The van der Waals surface area contributed by atoms with E-state index in [9.17, 15) is 0 Å². The van der Waals surface area contributed by atoms with E-state index >= 15 is 0 Å². The summed E-state index contributed by atoms with van der Waals surface area (Å²) in [6.45, 7) is -0.293. The van der Waals surface area contributed by atoms with Crippen LogP contribution in [0.3, 0.4) is 0 Å². The van der Waals surface area contributed by atoms with Gasteiger partial charge in [0.2, 0.25) is 0 Å². The number of hydrogen-bond donors (Lipinski definition) is 3. The Hall–Kier alpha value is 0.610. The molecule has 0 bridgehead atoms. The normalized spacial score (nSPS) is 12.0. The minimum atomic E-state index is -0.763. The van der Waals surface area contributed by atoms with Gasteiger partial charge in [0.05, 0.1) is 18.8 Å². The maximum absolute atomic E-state index is 8.63. The zero-order valence-corrected chi connectivity index (χ0v) is 7.34. The maximum Gasteiger partial charge on any atom is 0.0634 e. The Morgan fingerprint density at radius 1 is 1.33 bits per heavy atom. The van der Waals surface area contributed by atoms with Crippen LogP contribution in [0.2, 0.25) is 0 Å². The van der Waals surface area contributed by atoms with Gasteiger partial charge in [-0.3, -0.25) is 0 Å². The minimum Gasteiger partial charge on any atom is -0.394 e. The van der Waals surface area contributed by atoms with Crippen LogP contribution in [0, 0.1) is 0 Å². The van der Waals surface area contributed by atoms with E-state index in [0.717, 1.165) is 4.43 Å². The van der Waals surface area contributed by atoms with Crippen LogP contribution in [0.25, 0.3) is 0 Å². The number of aliphatic hydroxyl groups is 2. The van der Waals surface area contributed by atoms with Gasteiger partial charge in [0.15, 0.2) is 0 Å². The van der Waals surface area contributed by atoms with E-state index < -0.39 is 5.54 Å². The van der Waals surface area contributed by atoms with Crippen LogP contribution < -0.4 is 5.73 Å². The highest BCUT2D eigenvalue weighted by molar-refractivity contribution is 14.1. The van der Waals surface area contributed by atoms with E-state index in [-0.39, 0.29) is 13.2 Å². The predicted octanol–water partition coefficient (Wildman–Crippen LogP) is -0.506. The molecule has 0 radical (unpaired) electrons. The third-order valence-electron chi connectivity index (χ3n) is 1.22. The number of nitrogens with two attached hydrogens (primary N) is 1. The molecule has 56 valence electrons.